The summed E-state index contributed by atoms with van der Waals surface area (Å²) < 4.78 is 0. The largest absolute Gasteiger partial charge is 0.390 e. The van der Waals surface area contributed by atoms with E-state index in [-0.39, 0.29) is 5.60 Å². The summed E-state index contributed by atoms with van der Waals surface area (Å²) in [6, 6.07) is 0. The predicted molar refractivity (Wildman–Crippen MR) is 45.2 cm³/mol. The van der Waals surface area contributed by atoms with E-state index in [1.54, 1.807) is 0 Å². The van der Waals surface area contributed by atoms with Gasteiger partial charge in [0.2, 0.25) is 0 Å². The molecule has 11 heavy (non-hydrogen) atoms. The first-order chi connectivity index (χ1) is 4.93. The van der Waals surface area contributed by atoms with E-state index in [0.717, 1.165) is 24.7 Å². The third kappa shape index (κ3) is 1.01. The Hall–Kier alpha value is -0.0400. The van der Waals surface area contributed by atoms with Gasteiger partial charge in [0.05, 0.1) is 5.60 Å². The molecule has 0 aromatic carbocycles. The zero-order chi connectivity index (χ0) is 8.28. The number of hydrogen-bond donors (Lipinski definition) is 1. The molecule has 2 aliphatic rings. The summed E-state index contributed by atoms with van der Waals surface area (Å²) >= 11 is 0. The van der Waals surface area contributed by atoms with Crippen molar-refractivity contribution in [1.82, 2.24) is 0 Å². The van der Waals surface area contributed by atoms with Crippen LogP contribution in [0.1, 0.15) is 40.0 Å². The fraction of sp³-hybridized carbons (Fsp3) is 1.00. The second kappa shape index (κ2) is 1.82. The highest BCUT2D eigenvalue weighted by Crippen LogP contribution is 2.66. The first kappa shape index (κ1) is 7.60. The van der Waals surface area contributed by atoms with Crippen LogP contribution in [0.15, 0.2) is 0 Å². The van der Waals surface area contributed by atoms with Gasteiger partial charge in [-0.05, 0) is 43.4 Å². The summed E-state index contributed by atoms with van der Waals surface area (Å²) in [6.07, 6.45) is 3.28. The summed E-state index contributed by atoms with van der Waals surface area (Å²) in [7, 11) is 0. The molecule has 0 aliphatic heterocycles. The molecule has 0 aromatic heterocycles. The number of rotatable bonds is 0. The summed E-state index contributed by atoms with van der Waals surface area (Å²) in [5, 5.41) is 9.80. The van der Waals surface area contributed by atoms with Crippen molar-refractivity contribution in [2.24, 2.45) is 17.3 Å². The van der Waals surface area contributed by atoms with E-state index >= 15 is 0 Å². The van der Waals surface area contributed by atoms with Crippen LogP contribution in [0.5, 0.6) is 0 Å². The Balaban J connectivity index is 2.08. The first-order valence-electron chi connectivity index (χ1n) is 4.66. The van der Waals surface area contributed by atoms with Gasteiger partial charge < -0.3 is 5.11 Å². The summed E-state index contributed by atoms with van der Waals surface area (Å²) in [6.45, 7) is 6.66. The first-order valence-corrected chi connectivity index (χ1v) is 4.66. The monoisotopic (exact) mass is 154 g/mol. The van der Waals surface area contributed by atoms with Gasteiger partial charge in [0.1, 0.15) is 0 Å². The van der Waals surface area contributed by atoms with E-state index in [4.69, 9.17) is 0 Å². The standard InChI is InChI=1S/C10H18O/c1-9(2)7-4-5-10(3,11)6-8(7)9/h7-8,11H,4-6H2,1-3H3/t7-,8+,10+/m1/s1. The van der Waals surface area contributed by atoms with Gasteiger partial charge in [0, 0.05) is 0 Å². The van der Waals surface area contributed by atoms with Crippen LogP contribution in [0, 0.1) is 17.3 Å². The Morgan fingerprint density at radius 2 is 1.82 bits per heavy atom. The van der Waals surface area contributed by atoms with Crippen LogP contribution in [0.3, 0.4) is 0 Å². The van der Waals surface area contributed by atoms with Crippen LogP contribution < -0.4 is 0 Å². The average Bonchev–Trinajstić information content (AvgIpc) is 2.32. The highest BCUT2D eigenvalue weighted by molar-refractivity contribution is 5.10. The molecule has 0 radical (unpaired) electrons. The zero-order valence-electron chi connectivity index (χ0n) is 7.72. The SMILES string of the molecule is CC1(C)[C@@H]2CC[C@](C)(O)C[C@@H]21. The van der Waals surface area contributed by atoms with Crippen LogP contribution in [0.4, 0.5) is 0 Å². The highest BCUT2D eigenvalue weighted by Gasteiger charge is 2.60. The minimum absolute atomic E-state index is 0.352. The molecule has 0 amide bonds. The molecule has 0 aromatic rings. The van der Waals surface area contributed by atoms with Crippen molar-refractivity contribution in [2.75, 3.05) is 0 Å². The van der Waals surface area contributed by atoms with Crippen molar-refractivity contribution in [3.8, 4) is 0 Å². The molecule has 0 bridgehead atoms. The van der Waals surface area contributed by atoms with Gasteiger partial charge in [-0.3, -0.25) is 0 Å². The number of hydrogen-bond acceptors (Lipinski definition) is 1. The second-order valence-corrected chi connectivity index (χ2v) is 5.27. The predicted octanol–water partition coefficient (Wildman–Crippen LogP) is 2.19. The average molecular weight is 154 g/mol. The smallest absolute Gasteiger partial charge is 0.0622 e. The van der Waals surface area contributed by atoms with Gasteiger partial charge in [-0.15, -0.1) is 0 Å². The topological polar surface area (TPSA) is 20.2 Å². The minimum Gasteiger partial charge on any atom is -0.390 e. The Bertz CT molecular complexity index is 179. The number of fused-ring (bicyclic) bond motifs is 1. The van der Waals surface area contributed by atoms with E-state index in [9.17, 15) is 5.11 Å². The normalized spacial score (nSPS) is 53.5. The third-order valence-corrected chi connectivity index (χ3v) is 3.94. The van der Waals surface area contributed by atoms with Crippen LogP contribution >= 0.6 is 0 Å². The van der Waals surface area contributed by atoms with E-state index in [1.807, 2.05) is 6.92 Å². The molecule has 2 fully saturated rings. The molecule has 64 valence electrons. The summed E-state index contributed by atoms with van der Waals surface area (Å²) in [5.41, 5.74) is 0.190. The van der Waals surface area contributed by atoms with Crippen LogP contribution in [0.25, 0.3) is 0 Å². The molecule has 2 saturated carbocycles. The van der Waals surface area contributed by atoms with Gasteiger partial charge in [-0.1, -0.05) is 13.8 Å². The molecule has 0 heterocycles. The maximum absolute atomic E-state index is 9.80. The van der Waals surface area contributed by atoms with Gasteiger partial charge in [0.15, 0.2) is 0 Å². The molecule has 2 aliphatic carbocycles. The van der Waals surface area contributed by atoms with Crippen molar-refractivity contribution < 1.29 is 5.11 Å². The summed E-state index contributed by atoms with van der Waals surface area (Å²) in [4.78, 5) is 0. The van der Waals surface area contributed by atoms with Crippen molar-refractivity contribution in [1.29, 1.82) is 0 Å². The highest BCUT2D eigenvalue weighted by atomic mass is 16.3. The van der Waals surface area contributed by atoms with Crippen LogP contribution in [-0.2, 0) is 0 Å². The molecule has 0 spiro atoms. The van der Waals surface area contributed by atoms with Crippen LogP contribution in [0.2, 0.25) is 0 Å². The maximum atomic E-state index is 9.80. The van der Waals surface area contributed by atoms with Gasteiger partial charge in [-0.2, -0.15) is 0 Å². The van der Waals surface area contributed by atoms with E-state index in [0.29, 0.717) is 5.41 Å². The molecular formula is C10H18O. The zero-order valence-corrected chi connectivity index (χ0v) is 7.72. The Morgan fingerprint density at radius 3 is 2.27 bits per heavy atom. The Kier molecular flexibility index (Phi) is 1.26. The lowest BCUT2D eigenvalue weighted by molar-refractivity contribution is 0.0179. The lowest BCUT2D eigenvalue weighted by Crippen LogP contribution is -2.28. The van der Waals surface area contributed by atoms with E-state index in [2.05, 4.69) is 13.8 Å². The molecule has 0 unspecified atom stereocenters. The van der Waals surface area contributed by atoms with Crippen molar-refractivity contribution in [2.45, 2.75) is 45.6 Å². The lowest BCUT2D eigenvalue weighted by atomic mass is 9.87. The molecular weight excluding hydrogens is 136 g/mol. The molecule has 1 nitrogen and oxygen atoms in total. The van der Waals surface area contributed by atoms with E-state index in [1.165, 1.54) is 6.42 Å². The Labute approximate surface area is 68.8 Å². The second-order valence-electron chi connectivity index (χ2n) is 5.27. The molecule has 0 saturated heterocycles. The van der Waals surface area contributed by atoms with Crippen molar-refractivity contribution >= 4 is 0 Å². The van der Waals surface area contributed by atoms with Crippen molar-refractivity contribution in [3.63, 3.8) is 0 Å². The number of aliphatic hydroxyl groups is 1. The Morgan fingerprint density at radius 1 is 1.18 bits per heavy atom. The van der Waals surface area contributed by atoms with Crippen LogP contribution in [-0.4, -0.2) is 10.7 Å². The minimum atomic E-state index is -0.352. The van der Waals surface area contributed by atoms with Crippen molar-refractivity contribution in [3.05, 3.63) is 0 Å². The molecule has 3 atom stereocenters. The van der Waals surface area contributed by atoms with Gasteiger partial charge in [0.25, 0.3) is 0 Å². The van der Waals surface area contributed by atoms with Gasteiger partial charge >= 0.3 is 0 Å². The van der Waals surface area contributed by atoms with Gasteiger partial charge in [-0.25, -0.2) is 0 Å². The molecule has 1 heteroatoms. The quantitative estimate of drug-likeness (QED) is 0.567. The molecule has 1 N–H and O–H groups in total. The fourth-order valence-corrected chi connectivity index (χ4v) is 2.88. The molecule has 2 rings (SSSR count). The fourth-order valence-electron chi connectivity index (χ4n) is 2.88. The third-order valence-electron chi connectivity index (χ3n) is 3.94. The maximum Gasteiger partial charge on any atom is 0.0622 e. The summed E-state index contributed by atoms with van der Waals surface area (Å²) in [5.74, 6) is 1.73. The lowest BCUT2D eigenvalue weighted by Gasteiger charge is -2.26. The van der Waals surface area contributed by atoms with E-state index < -0.39 is 0 Å².